The number of ether oxygens (including phenoxy) is 1. The van der Waals surface area contributed by atoms with Crippen molar-refractivity contribution in [3.8, 4) is 0 Å². The zero-order valence-corrected chi connectivity index (χ0v) is 14.0. The summed E-state index contributed by atoms with van der Waals surface area (Å²) >= 11 is 0. The molecule has 0 aromatic heterocycles. The van der Waals surface area contributed by atoms with E-state index in [1.165, 1.54) is 24.3 Å². The van der Waals surface area contributed by atoms with Crippen molar-refractivity contribution in [2.75, 3.05) is 0 Å². The Balaban J connectivity index is 2.08. The first-order chi connectivity index (χ1) is 11.8. The lowest BCUT2D eigenvalue weighted by Crippen LogP contribution is -2.29. The molecule has 25 heavy (non-hydrogen) atoms. The zero-order chi connectivity index (χ0) is 18.4. The maximum atomic E-state index is 11.9. The number of alkyl carbamates (subject to hydrolysis) is 1. The molecule has 0 unspecified atom stereocenters. The highest BCUT2D eigenvalue weighted by Gasteiger charge is 2.32. The van der Waals surface area contributed by atoms with Gasteiger partial charge in [-0.05, 0) is 11.1 Å². The fourth-order valence-corrected chi connectivity index (χ4v) is 2.92. The van der Waals surface area contributed by atoms with Crippen LogP contribution in [0.25, 0.3) is 0 Å². The molecule has 0 aliphatic carbocycles. The van der Waals surface area contributed by atoms with E-state index in [2.05, 4.69) is 5.32 Å². The molecular formula is C16H18N3O5P. The molecule has 0 spiro atoms. The maximum Gasteiger partial charge on any atom is 0.408 e. The standard InChI is InChI=1S/C16H18N3O5P/c17-14(18)12-6-8-13(9-7-12)15(25(21,22)23)19-16(20)24-10-11-4-2-1-3-5-11/h1-9,15H,10H2,(H3,17,18)(H,19,20)(H2,21,22,23)/t15-/m1/s1. The highest BCUT2D eigenvalue weighted by atomic mass is 31.2. The summed E-state index contributed by atoms with van der Waals surface area (Å²) in [5.74, 6) is -1.73. The number of nitrogens with one attached hydrogen (secondary N) is 2. The van der Waals surface area contributed by atoms with Gasteiger partial charge in [-0.3, -0.25) is 9.97 Å². The Morgan fingerprint density at radius 1 is 1.16 bits per heavy atom. The summed E-state index contributed by atoms with van der Waals surface area (Å²) in [5.41, 5.74) is 6.67. The van der Waals surface area contributed by atoms with Crippen LogP contribution in [-0.2, 0) is 15.9 Å². The third-order valence-electron chi connectivity index (χ3n) is 3.34. The highest BCUT2D eigenvalue weighted by Crippen LogP contribution is 2.49. The molecular weight excluding hydrogens is 345 g/mol. The summed E-state index contributed by atoms with van der Waals surface area (Å²) in [5, 5.41) is 9.50. The number of benzene rings is 2. The fraction of sp³-hybridized carbons (Fsp3) is 0.125. The number of rotatable bonds is 6. The van der Waals surface area contributed by atoms with Crippen LogP contribution in [0.4, 0.5) is 4.79 Å². The molecule has 0 bridgehead atoms. The Hall–Kier alpha value is -2.67. The minimum Gasteiger partial charge on any atom is -0.445 e. The average molecular weight is 363 g/mol. The van der Waals surface area contributed by atoms with Gasteiger partial charge in [-0.25, -0.2) is 4.79 Å². The van der Waals surface area contributed by atoms with Gasteiger partial charge in [0.25, 0.3) is 0 Å². The monoisotopic (exact) mass is 363 g/mol. The van der Waals surface area contributed by atoms with Crippen LogP contribution in [0.5, 0.6) is 0 Å². The van der Waals surface area contributed by atoms with Crippen molar-refractivity contribution in [3.05, 3.63) is 71.3 Å². The van der Waals surface area contributed by atoms with Crippen LogP contribution < -0.4 is 11.1 Å². The van der Waals surface area contributed by atoms with E-state index in [-0.39, 0.29) is 18.0 Å². The number of amides is 1. The molecule has 0 heterocycles. The normalized spacial score (nSPS) is 12.2. The van der Waals surface area contributed by atoms with E-state index in [1.54, 1.807) is 24.3 Å². The van der Waals surface area contributed by atoms with E-state index in [0.29, 0.717) is 5.56 Å². The van der Waals surface area contributed by atoms with Gasteiger partial charge in [-0.1, -0.05) is 54.6 Å². The lowest BCUT2D eigenvalue weighted by atomic mass is 10.1. The Morgan fingerprint density at radius 3 is 2.28 bits per heavy atom. The first-order valence-corrected chi connectivity index (χ1v) is 8.92. The van der Waals surface area contributed by atoms with Crippen LogP contribution >= 0.6 is 7.60 Å². The predicted octanol–water partition coefficient (Wildman–Crippen LogP) is 2.07. The highest BCUT2D eigenvalue weighted by molar-refractivity contribution is 7.52. The second-order valence-electron chi connectivity index (χ2n) is 5.23. The number of hydrogen-bond donors (Lipinski definition) is 5. The molecule has 132 valence electrons. The van der Waals surface area contributed by atoms with E-state index in [9.17, 15) is 19.1 Å². The topological polar surface area (TPSA) is 146 Å². The molecule has 1 atom stereocenters. The van der Waals surface area contributed by atoms with Gasteiger partial charge in [0.15, 0.2) is 5.78 Å². The van der Waals surface area contributed by atoms with Gasteiger partial charge in [0.2, 0.25) is 0 Å². The lowest BCUT2D eigenvalue weighted by molar-refractivity contribution is 0.137. The van der Waals surface area contributed by atoms with E-state index >= 15 is 0 Å². The van der Waals surface area contributed by atoms with Crippen LogP contribution in [0.3, 0.4) is 0 Å². The molecule has 6 N–H and O–H groups in total. The second-order valence-corrected chi connectivity index (χ2v) is 6.93. The molecule has 2 aromatic carbocycles. The summed E-state index contributed by atoms with van der Waals surface area (Å²) in [6.45, 7) is -0.0240. The van der Waals surface area contributed by atoms with Gasteiger partial charge in [-0.15, -0.1) is 0 Å². The maximum absolute atomic E-state index is 11.9. The van der Waals surface area contributed by atoms with Crippen molar-refractivity contribution in [1.82, 2.24) is 5.32 Å². The molecule has 0 saturated heterocycles. The summed E-state index contributed by atoms with van der Waals surface area (Å²) in [6.07, 6.45) is -0.951. The van der Waals surface area contributed by atoms with Crippen molar-refractivity contribution in [1.29, 1.82) is 5.41 Å². The molecule has 0 saturated carbocycles. The minimum atomic E-state index is -4.68. The third-order valence-corrected chi connectivity index (χ3v) is 4.44. The number of amidine groups is 1. The van der Waals surface area contributed by atoms with Crippen molar-refractivity contribution in [3.63, 3.8) is 0 Å². The number of carbonyl (C=O) groups is 1. The molecule has 2 aromatic rings. The van der Waals surface area contributed by atoms with Crippen molar-refractivity contribution < 1.29 is 23.9 Å². The molecule has 2 rings (SSSR count). The number of nitrogens with two attached hydrogens (primary N) is 1. The Labute approximate surface area is 144 Å². The first-order valence-electron chi connectivity index (χ1n) is 7.24. The van der Waals surface area contributed by atoms with Crippen LogP contribution in [0.2, 0.25) is 0 Å². The summed E-state index contributed by atoms with van der Waals surface area (Å²) in [6, 6.07) is 14.6. The van der Waals surface area contributed by atoms with E-state index in [1.807, 2.05) is 6.07 Å². The molecule has 1 amide bonds. The van der Waals surface area contributed by atoms with Gasteiger partial charge in [0.1, 0.15) is 12.4 Å². The largest absolute Gasteiger partial charge is 0.445 e. The zero-order valence-electron chi connectivity index (χ0n) is 13.1. The Morgan fingerprint density at radius 2 is 1.76 bits per heavy atom. The van der Waals surface area contributed by atoms with E-state index < -0.39 is 19.5 Å². The molecule has 8 nitrogen and oxygen atoms in total. The SMILES string of the molecule is N=C(N)c1ccc([C@H](NC(=O)OCc2ccccc2)P(=O)(O)O)cc1. The van der Waals surface area contributed by atoms with Crippen LogP contribution in [0, 0.1) is 5.41 Å². The van der Waals surface area contributed by atoms with Crippen molar-refractivity contribution >= 4 is 19.5 Å². The number of hydrogen-bond acceptors (Lipinski definition) is 4. The van der Waals surface area contributed by atoms with Crippen LogP contribution in [-0.4, -0.2) is 21.7 Å². The van der Waals surface area contributed by atoms with Crippen LogP contribution in [0.1, 0.15) is 22.5 Å². The van der Waals surface area contributed by atoms with Gasteiger partial charge in [-0.2, -0.15) is 0 Å². The number of nitrogen functional groups attached to an aromatic ring is 1. The van der Waals surface area contributed by atoms with Gasteiger partial charge in [0, 0.05) is 5.56 Å². The second kappa shape index (κ2) is 7.94. The molecule has 0 fully saturated rings. The molecule has 0 radical (unpaired) electrons. The van der Waals surface area contributed by atoms with Crippen molar-refractivity contribution in [2.24, 2.45) is 5.73 Å². The molecule has 9 heteroatoms. The van der Waals surface area contributed by atoms with E-state index in [4.69, 9.17) is 15.9 Å². The minimum absolute atomic E-state index is 0.0240. The van der Waals surface area contributed by atoms with Gasteiger partial charge < -0.3 is 25.6 Å². The van der Waals surface area contributed by atoms with Crippen LogP contribution in [0.15, 0.2) is 54.6 Å². The number of carbonyl (C=O) groups excluding carboxylic acids is 1. The lowest BCUT2D eigenvalue weighted by Gasteiger charge is -2.20. The predicted molar refractivity (Wildman–Crippen MR) is 92.0 cm³/mol. The average Bonchev–Trinajstić information content (AvgIpc) is 2.58. The molecule has 0 aliphatic heterocycles. The van der Waals surface area contributed by atoms with Gasteiger partial charge in [0.05, 0.1) is 0 Å². The summed E-state index contributed by atoms with van der Waals surface area (Å²) in [4.78, 5) is 30.9. The first kappa shape index (κ1) is 18.7. The summed E-state index contributed by atoms with van der Waals surface area (Å²) in [7, 11) is -4.68. The van der Waals surface area contributed by atoms with Crippen molar-refractivity contribution in [2.45, 2.75) is 12.4 Å². The molecule has 0 aliphatic rings. The van der Waals surface area contributed by atoms with E-state index in [0.717, 1.165) is 5.56 Å². The third kappa shape index (κ3) is 5.42. The Bertz CT molecular complexity index is 789. The summed E-state index contributed by atoms with van der Waals surface area (Å²) < 4.78 is 16.7. The van der Waals surface area contributed by atoms with Gasteiger partial charge >= 0.3 is 13.7 Å². The fourth-order valence-electron chi connectivity index (χ4n) is 2.08. The Kier molecular flexibility index (Phi) is 5.93. The quantitative estimate of drug-likeness (QED) is 0.302. The smallest absolute Gasteiger partial charge is 0.408 e.